The standard InChI is InChI=1S/C18H22N4O/c1-13-11-14(2)22(21-13)12-18(23)20-19-17-10-6-4-8-15-7-3-5-9-16(15)17/h3,5,7,9,11H,4,6,8,10,12H2,1-2H3,(H,20,23)/b19-17+. The molecule has 0 radical (unpaired) electrons. The molecule has 0 saturated heterocycles. The van der Waals surface area contributed by atoms with Crippen molar-refractivity contribution in [2.24, 2.45) is 5.10 Å². The molecule has 23 heavy (non-hydrogen) atoms. The molecule has 1 N–H and O–H groups in total. The van der Waals surface area contributed by atoms with Crippen LogP contribution in [0.25, 0.3) is 0 Å². The van der Waals surface area contributed by atoms with E-state index in [1.165, 1.54) is 5.56 Å². The van der Waals surface area contributed by atoms with E-state index < -0.39 is 0 Å². The van der Waals surface area contributed by atoms with E-state index in [1.54, 1.807) is 4.68 Å². The van der Waals surface area contributed by atoms with Gasteiger partial charge in [0.15, 0.2) is 0 Å². The van der Waals surface area contributed by atoms with Crippen LogP contribution < -0.4 is 5.43 Å². The van der Waals surface area contributed by atoms with Crippen molar-refractivity contribution in [1.29, 1.82) is 0 Å². The molecule has 0 spiro atoms. The van der Waals surface area contributed by atoms with Crippen LogP contribution in [0.3, 0.4) is 0 Å². The molecule has 0 unspecified atom stereocenters. The highest BCUT2D eigenvalue weighted by atomic mass is 16.2. The third kappa shape index (κ3) is 3.67. The highest BCUT2D eigenvalue weighted by molar-refractivity contribution is 6.02. The molecule has 5 nitrogen and oxygen atoms in total. The van der Waals surface area contributed by atoms with Crippen LogP contribution in [0.1, 0.15) is 41.8 Å². The van der Waals surface area contributed by atoms with Crippen molar-refractivity contribution < 1.29 is 4.79 Å². The lowest BCUT2D eigenvalue weighted by Gasteiger charge is -2.08. The maximum absolute atomic E-state index is 12.1. The average molecular weight is 310 g/mol. The number of benzene rings is 1. The quantitative estimate of drug-likeness (QED) is 0.700. The summed E-state index contributed by atoms with van der Waals surface area (Å²) in [7, 11) is 0. The molecule has 0 fully saturated rings. The van der Waals surface area contributed by atoms with Gasteiger partial charge in [-0.3, -0.25) is 9.48 Å². The molecule has 1 heterocycles. The lowest BCUT2D eigenvalue weighted by molar-refractivity contribution is -0.121. The van der Waals surface area contributed by atoms with E-state index in [0.717, 1.165) is 48.3 Å². The SMILES string of the molecule is Cc1cc(C)n(CC(=O)N/N=C2\CCCCc3ccccc32)n1. The number of hydrogen-bond acceptors (Lipinski definition) is 3. The van der Waals surface area contributed by atoms with Gasteiger partial charge in [0.1, 0.15) is 6.54 Å². The van der Waals surface area contributed by atoms with Gasteiger partial charge in [0.2, 0.25) is 0 Å². The van der Waals surface area contributed by atoms with E-state index in [4.69, 9.17) is 0 Å². The average Bonchev–Trinajstić information content (AvgIpc) is 2.74. The molecule has 2 aromatic rings. The lowest BCUT2D eigenvalue weighted by Crippen LogP contribution is -2.25. The van der Waals surface area contributed by atoms with Crippen molar-refractivity contribution in [3.63, 3.8) is 0 Å². The molecule has 1 aromatic heterocycles. The maximum Gasteiger partial charge on any atom is 0.261 e. The Balaban J connectivity index is 1.72. The summed E-state index contributed by atoms with van der Waals surface area (Å²) < 4.78 is 1.70. The number of hydrogen-bond donors (Lipinski definition) is 1. The number of aryl methyl sites for hydroxylation is 3. The van der Waals surface area contributed by atoms with E-state index in [9.17, 15) is 4.79 Å². The monoisotopic (exact) mass is 310 g/mol. The van der Waals surface area contributed by atoms with Crippen molar-refractivity contribution in [1.82, 2.24) is 15.2 Å². The summed E-state index contributed by atoms with van der Waals surface area (Å²) >= 11 is 0. The third-order valence-electron chi connectivity index (χ3n) is 4.15. The molecule has 5 heteroatoms. The fourth-order valence-electron chi connectivity index (χ4n) is 3.01. The molecule has 3 rings (SSSR count). The van der Waals surface area contributed by atoms with Crippen molar-refractivity contribution in [2.45, 2.75) is 46.1 Å². The molecule has 0 bridgehead atoms. The van der Waals surface area contributed by atoms with E-state index in [0.29, 0.717) is 0 Å². The Morgan fingerprint density at radius 1 is 1.26 bits per heavy atom. The van der Waals surface area contributed by atoms with Crippen LogP contribution in [0.4, 0.5) is 0 Å². The largest absolute Gasteiger partial charge is 0.271 e. The fraction of sp³-hybridized carbons (Fsp3) is 0.389. The smallest absolute Gasteiger partial charge is 0.261 e. The van der Waals surface area contributed by atoms with Gasteiger partial charge in [0, 0.05) is 11.3 Å². The zero-order valence-corrected chi connectivity index (χ0v) is 13.7. The molecule has 120 valence electrons. The van der Waals surface area contributed by atoms with Crippen molar-refractivity contribution >= 4 is 11.6 Å². The predicted octanol–water partition coefficient (Wildman–Crippen LogP) is 2.75. The van der Waals surface area contributed by atoms with Crippen LogP contribution in [0.2, 0.25) is 0 Å². The molecule has 1 aromatic carbocycles. The predicted molar refractivity (Wildman–Crippen MR) is 90.4 cm³/mol. The summed E-state index contributed by atoms with van der Waals surface area (Å²) in [6, 6.07) is 10.3. The van der Waals surface area contributed by atoms with Gasteiger partial charge >= 0.3 is 0 Å². The van der Waals surface area contributed by atoms with Crippen LogP contribution in [0, 0.1) is 13.8 Å². The second kappa shape index (κ2) is 6.77. The van der Waals surface area contributed by atoms with Gasteiger partial charge in [-0.05, 0) is 51.2 Å². The first-order valence-corrected chi connectivity index (χ1v) is 8.08. The van der Waals surface area contributed by atoms with Crippen LogP contribution in [0.15, 0.2) is 35.4 Å². The first-order valence-electron chi connectivity index (χ1n) is 8.08. The third-order valence-corrected chi connectivity index (χ3v) is 4.15. The number of amides is 1. The fourth-order valence-corrected chi connectivity index (χ4v) is 3.01. The Labute approximate surface area is 136 Å². The first-order chi connectivity index (χ1) is 11.1. The van der Waals surface area contributed by atoms with Gasteiger partial charge < -0.3 is 0 Å². The zero-order chi connectivity index (χ0) is 16.2. The number of aromatic nitrogens is 2. The number of hydrazone groups is 1. The minimum Gasteiger partial charge on any atom is -0.271 e. The van der Waals surface area contributed by atoms with Crippen molar-refractivity contribution in [3.8, 4) is 0 Å². The molecule has 0 atom stereocenters. The van der Waals surface area contributed by atoms with Crippen LogP contribution >= 0.6 is 0 Å². The summed E-state index contributed by atoms with van der Waals surface area (Å²) in [6.45, 7) is 4.06. The maximum atomic E-state index is 12.1. The Morgan fingerprint density at radius 2 is 2.04 bits per heavy atom. The van der Waals surface area contributed by atoms with Gasteiger partial charge in [-0.1, -0.05) is 24.3 Å². The topological polar surface area (TPSA) is 59.3 Å². The Bertz CT molecular complexity index is 745. The Kier molecular flexibility index (Phi) is 4.55. The van der Waals surface area contributed by atoms with Gasteiger partial charge in [0.05, 0.1) is 11.4 Å². The summed E-state index contributed by atoms with van der Waals surface area (Å²) in [6.07, 6.45) is 4.24. The summed E-state index contributed by atoms with van der Waals surface area (Å²) in [4.78, 5) is 12.1. The Hall–Kier alpha value is -2.43. The van der Waals surface area contributed by atoms with Crippen molar-refractivity contribution in [2.75, 3.05) is 0 Å². The molecular formula is C18H22N4O. The zero-order valence-electron chi connectivity index (χ0n) is 13.7. The molecule has 0 aliphatic heterocycles. The summed E-state index contributed by atoms with van der Waals surface area (Å²) in [5.41, 5.74) is 8.04. The van der Waals surface area contributed by atoms with E-state index in [-0.39, 0.29) is 12.5 Å². The van der Waals surface area contributed by atoms with E-state index in [1.807, 2.05) is 26.0 Å². The number of nitrogens with one attached hydrogen (secondary N) is 1. The van der Waals surface area contributed by atoms with Crippen LogP contribution in [-0.4, -0.2) is 21.4 Å². The van der Waals surface area contributed by atoms with E-state index in [2.05, 4.69) is 33.8 Å². The molecule has 1 aliphatic carbocycles. The minimum absolute atomic E-state index is 0.148. The van der Waals surface area contributed by atoms with Crippen LogP contribution in [-0.2, 0) is 17.8 Å². The van der Waals surface area contributed by atoms with Crippen LogP contribution in [0.5, 0.6) is 0 Å². The second-order valence-electron chi connectivity index (χ2n) is 6.04. The highest BCUT2D eigenvalue weighted by Gasteiger charge is 2.14. The van der Waals surface area contributed by atoms with E-state index >= 15 is 0 Å². The second-order valence-corrected chi connectivity index (χ2v) is 6.04. The number of rotatable bonds is 3. The molecule has 1 aliphatic rings. The number of nitrogens with zero attached hydrogens (tertiary/aromatic N) is 3. The molecule has 0 saturated carbocycles. The van der Waals surface area contributed by atoms with Gasteiger partial charge in [-0.2, -0.15) is 10.2 Å². The Morgan fingerprint density at radius 3 is 2.83 bits per heavy atom. The molecular weight excluding hydrogens is 288 g/mol. The highest BCUT2D eigenvalue weighted by Crippen LogP contribution is 2.20. The number of carbonyl (C=O) groups excluding carboxylic acids is 1. The lowest BCUT2D eigenvalue weighted by atomic mass is 10.0. The van der Waals surface area contributed by atoms with Crippen molar-refractivity contribution in [3.05, 3.63) is 52.8 Å². The van der Waals surface area contributed by atoms with Gasteiger partial charge in [0.25, 0.3) is 5.91 Å². The first kappa shape index (κ1) is 15.5. The van der Waals surface area contributed by atoms with Gasteiger partial charge in [-0.15, -0.1) is 0 Å². The molecule has 1 amide bonds. The normalized spacial score (nSPS) is 16.0. The van der Waals surface area contributed by atoms with Gasteiger partial charge in [-0.25, -0.2) is 5.43 Å². The number of fused-ring (bicyclic) bond motifs is 1. The summed E-state index contributed by atoms with van der Waals surface area (Å²) in [5, 5.41) is 8.70. The summed E-state index contributed by atoms with van der Waals surface area (Å²) in [5.74, 6) is -0.148. The number of carbonyl (C=O) groups is 1. The minimum atomic E-state index is -0.148.